The second kappa shape index (κ2) is 6.02. The summed E-state index contributed by atoms with van der Waals surface area (Å²) in [4.78, 5) is 14.8. The van der Waals surface area contributed by atoms with Crippen LogP contribution >= 0.6 is 15.9 Å². The molecule has 21 heavy (non-hydrogen) atoms. The molecule has 0 N–H and O–H groups in total. The lowest BCUT2D eigenvalue weighted by Gasteiger charge is -2.26. The molecule has 0 aromatic heterocycles. The zero-order chi connectivity index (χ0) is 14.8. The van der Waals surface area contributed by atoms with E-state index in [1.165, 1.54) is 11.1 Å². The number of aryl methyl sites for hydroxylation is 1. The molecule has 0 bridgehead atoms. The van der Waals surface area contributed by atoms with Gasteiger partial charge in [0.15, 0.2) is 0 Å². The quantitative estimate of drug-likeness (QED) is 0.771. The molecule has 2 aromatic carbocycles. The molecule has 0 radical (unpaired) electrons. The van der Waals surface area contributed by atoms with Crippen molar-refractivity contribution >= 4 is 21.8 Å². The van der Waals surface area contributed by atoms with E-state index < -0.39 is 0 Å². The van der Waals surface area contributed by atoms with Crippen molar-refractivity contribution in [3.8, 4) is 0 Å². The van der Waals surface area contributed by atoms with Crippen molar-refractivity contribution < 1.29 is 4.79 Å². The monoisotopic (exact) mass is 343 g/mol. The lowest BCUT2D eigenvalue weighted by atomic mass is 9.99. The minimum atomic E-state index is 0.127. The number of carbonyl (C=O) groups excluding carboxylic acids is 1. The zero-order valence-corrected chi connectivity index (χ0v) is 13.6. The Hall–Kier alpha value is -1.61. The second-order valence-corrected chi connectivity index (χ2v) is 6.44. The highest BCUT2D eigenvalue weighted by atomic mass is 79.9. The van der Waals surface area contributed by atoms with Gasteiger partial charge in [-0.2, -0.15) is 0 Å². The van der Waals surface area contributed by atoms with Crippen molar-refractivity contribution in [3.05, 3.63) is 69.7 Å². The summed E-state index contributed by atoms with van der Waals surface area (Å²) >= 11 is 3.44. The number of hydrogen-bond donors (Lipinski definition) is 0. The van der Waals surface area contributed by atoms with Crippen LogP contribution < -0.4 is 0 Å². The molecule has 3 rings (SSSR count). The van der Waals surface area contributed by atoms with Gasteiger partial charge in [-0.1, -0.05) is 46.3 Å². The summed E-state index contributed by atoms with van der Waals surface area (Å²) < 4.78 is 0.944. The zero-order valence-electron chi connectivity index (χ0n) is 12.1. The molecule has 1 fully saturated rings. The van der Waals surface area contributed by atoms with Crippen LogP contribution in [-0.4, -0.2) is 17.4 Å². The van der Waals surface area contributed by atoms with Gasteiger partial charge >= 0.3 is 0 Å². The summed E-state index contributed by atoms with van der Waals surface area (Å²) in [6, 6.07) is 16.2. The van der Waals surface area contributed by atoms with Crippen molar-refractivity contribution in [2.24, 2.45) is 0 Å². The highest BCUT2D eigenvalue weighted by molar-refractivity contribution is 9.10. The average molecular weight is 344 g/mol. The molecule has 1 aliphatic heterocycles. The van der Waals surface area contributed by atoms with E-state index in [1.54, 1.807) is 0 Å². The lowest BCUT2D eigenvalue weighted by Crippen LogP contribution is -2.30. The fraction of sp³-hybridized carbons (Fsp3) is 0.278. The SMILES string of the molecule is Cc1ccccc1C1CCCN1C(=O)c1cccc(Br)c1. The minimum Gasteiger partial charge on any atom is -0.332 e. The fourth-order valence-electron chi connectivity index (χ4n) is 3.08. The first-order chi connectivity index (χ1) is 10.2. The van der Waals surface area contributed by atoms with E-state index in [0.29, 0.717) is 0 Å². The third-order valence-corrected chi connectivity index (χ3v) is 4.63. The fourth-order valence-corrected chi connectivity index (χ4v) is 3.48. The normalized spacial score (nSPS) is 18.0. The lowest BCUT2D eigenvalue weighted by molar-refractivity contribution is 0.0735. The average Bonchev–Trinajstić information content (AvgIpc) is 2.96. The Kier molecular flexibility index (Phi) is 4.11. The van der Waals surface area contributed by atoms with E-state index in [1.807, 2.05) is 35.2 Å². The molecule has 2 nitrogen and oxygen atoms in total. The van der Waals surface area contributed by atoms with Crippen LogP contribution in [0.2, 0.25) is 0 Å². The first kappa shape index (κ1) is 14.3. The van der Waals surface area contributed by atoms with Crippen molar-refractivity contribution in [1.29, 1.82) is 0 Å². The Morgan fingerprint density at radius 3 is 2.76 bits per heavy atom. The van der Waals surface area contributed by atoms with Gasteiger partial charge in [-0.3, -0.25) is 4.79 Å². The van der Waals surface area contributed by atoms with Crippen LogP contribution in [0.4, 0.5) is 0 Å². The topological polar surface area (TPSA) is 20.3 Å². The highest BCUT2D eigenvalue weighted by Crippen LogP contribution is 2.34. The van der Waals surface area contributed by atoms with E-state index >= 15 is 0 Å². The molecular weight excluding hydrogens is 326 g/mol. The largest absolute Gasteiger partial charge is 0.332 e. The number of hydrogen-bond acceptors (Lipinski definition) is 1. The van der Waals surface area contributed by atoms with E-state index in [4.69, 9.17) is 0 Å². The Balaban J connectivity index is 1.91. The molecule has 1 aliphatic rings. The maximum Gasteiger partial charge on any atom is 0.254 e. The number of carbonyl (C=O) groups is 1. The van der Waals surface area contributed by atoms with Gasteiger partial charge in [0.2, 0.25) is 0 Å². The molecule has 2 aromatic rings. The molecule has 108 valence electrons. The van der Waals surface area contributed by atoms with Gasteiger partial charge in [0.25, 0.3) is 5.91 Å². The van der Waals surface area contributed by atoms with Crippen molar-refractivity contribution in [2.75, 3.05) is 6.54 Å². The minimum absolute atomic E-state index is 0.127. The highest BCUT2D eigenvalue weighted by Gasteiger charge is 2.31. The van der Waals surface area contributed by atoms with Gasteiger partial charge in [0, 0.05) is 16.6 Å². The summed E-state index contributed by atoms with van der Waals surface area (Å²) in [5, 5.41) is 0. The standard InChI is InChI=1S/C18H18BrNO/c1-13-6-2-3-9-16(13)17-10-5-11-20(17)18(21)14-7-4-8-15(19)12-14/h2-4,6-9,12,17H,5,10-11H2,1H3. The molecule has 1 unspecified atom stereocenters. The third kappa shape index (κ3) is 2.88. The van der Waals surface area contributed by atoms with Crippen LogP contribution in [0, 0.1) is 6.92 Å². The third-order valence-electron chi connectivity index (χ3n) is 4.13. The maximum absolute atomic E-state index is 12.8. The summed E-state index contributed by atoms with van der Waals surface area (Å²) in [5.41, 5.74) is 3.29. The van der Waals surface area contributed by atoms with Crippen LogP contribution in [0.5, 0.6) is 0 Å². The van der Waals surface area contributed by atoms with Crippen LogP contribution in [0.25, 0.3) is 0 Å². The van der Waals surface area contributed by atoms with Crippen LogP contribution in [-0.2, 0) is 0 Å². The van der Waals surface area contributed by atoms with Crippen LogP contribution in [0.15, 0.2) is 53.0 Å². The van der Waals surface area contributed by atoms with E-state index in [2.05, 4.69) is 41.1 Å². The molecule has 1 saturated heterocycles. The number of rotatable bonds is 2. The predicted molar refractivity (Wildman–Crippen MR) is 88.3 cm³/mol. The Morgan fingerprint density at radius 1 is 1.19 bits per heavy atom. The Morgan fingerprint density at radius 2 is 2.00 bits per heavy atom. The Labute approximate surface area is 133 Å². The first-order valence-corrected chi connectivity index (χ1v) is 8.08. The summed E-state index contributed by atoms with van der Waals surface area (Å²) in [5.74, 6) is 0.127. The molecular formula is C18H18BrNO. The van der Waals surface area contributed by atoms with Gasteiger partial charge in [-0.25, -0.2) is 0 Å². The summed E-state index contributed by atoms with van der Waals surface area (Å²) in [6.07, 6.45) is 2.11. The first-order valence-electron chi connectivity index (χ1n) is 7.29. The molecule has 0 saturated carbocycles. The predicted octanol–water partition coefficient (Wildman–Crippen LogP) is 4.73. The van der Waals surface area contributed by atoms with Crippen molar-refractivity contribution in [1.82, 2.24) is 4.90 Å². The van der Waals surface area contributed by atoms with Crippen molar-refractivity contribution in [3.63, 3.8) is 0 Å². The molecule has 1 atom stereocenters. The molecule has 1 heterocycles. The van der Waals surface area contributed by atoms with E-state index in [-0.39, 0.29) is 11.9 Å². The second-order valence-electron chi connectivity index (χ2n) is 5.52. The molecule has 0 aliphatic carbocycles. The number of likely N-dealkylation sites (tertiary alicyclic amines) is 1. The van der Waals surface area contributed by atoms with Gasteiger partial charge < -0.3 is 4.90 Å². The number of halogens is 1. The summed E-state index contributed by atoms with van der Waals surface area (Å²) in [7, 11) is 0. The van der Waals surface area contributed by atoms with Crippen molar-refractivity contribution in [2.45, 2.75) is 25.8 Å². The van der Waals surface area contributed by atoms with Gasteiger partial charge in [0.1, 0.15) is 0 Å². The number of amides is 1. The molecule has 0 spiro atoms. The van der Waals surface area contributed by atoms with E-state index in [9.17, 15) is 4.79 Å². The Bertz CT molecular complexity index is 668. The smallest absolute Gasteiger partial charge is 0.254 e. The van der Waals surface area contributed by atoms with Gasteiger partial charge in [-0.05, 0) is 49.1 Å². The van der Waals surface area contributed by atoms with Crippen LogP contribution in [0.1, 0.15) is 40.4 Å². The molecule has 1 amide bonds. The molecule has 3 heteroatoms. The van der Waals surface area contributed by atoms with Gasteiger partial charge in [-0.15, -0.1) is 0 Å². The number of benzene rings is 2. The van der Waals surface area contributed by atoms with E-state index in [0.717, 1.165) is 29.4 Å². The van der Waals surface area contributed by atoms with Crippen LogP contribution in [0.3, 0.4) is 0 Å². The maximum atomic E-state index is 12.8. The summed E-state index contributed by atoms with van der Waals surface area (Å²) in [6.45, 7) is 2.96. The van der Waals surface area contributed by atoms with Gasteiger partial charge in [0.05, 0.1) is 6.04 Å². The number of nitrogens with zero attached hydrogens (tertiary/aromatic N) is 1.